The van der Waals surface area contributed by atoms with E-state index in [0.717, 1.165) is 25.4 Å². The van der Waals surface area contributed by atoms with Crippen LogP contribution in [0.3, 0.4) is 0 Å². The van der Waals surface area contributed by atoms with Gasteiger partial charge in [-0.3, -0.25) is 0 Å². The lowest BCUT2D eigenvalue weighted by molar-refractivity contribution is -0.0374. The summed E-state index contributed by atoms with van der Waals surface area (Å²) in [4.78, 5) is 0. The zero-order chi connectivity index (χ0) is 13.2. The van der Waals surface area contributed by atoms with E-state index < -0.39 is 0 Å². The van der Waals surface area contributed by atoms with Gasteiger partial charge in [0, 0.05) is 13.0 Å². The third-order valence-corrected chi connectivity index (χ3v) is 3.55. The smallest absolute Gasteiger partial charge is 0.122 e. The van der Waals surface area contributed by atoms with Crippen molar-refractivity contribution in [2.45, 2.75) is 38.8 Å². The van der Waals surface area contributed by atoms with Crippen LogP contribution >= 0.6 is 0 Å². The van der Waals surface area contributed by atoms with Gasteiger partial charge in [-0.25, -0.2) is 0 Å². The van der Waals surface area contributed by atoms with Crippen molar-refractivity contribution in [2.75, 3.05) is 20.3 Å². The molecule has 0 amide bonds. The van der Waals surface area contributed by atoms with E-state index in [2.05, 4.69) is 37.4 Å². The minimum atomic E-state index is -0.225. The lowest BCUT2D eigenvalue weighted by Crippen LogP contribution is -2.40. The van der Waals surface area contributed by atoms with E-state index in [-0.39, 0.29) is 11.6 Å². The maximum Gasteiger partial charge on any atom is 0.122 e. The van der Waals surface area contributed by atoms with Crippen molar-refractivity contribution in [3.63, 3.8) is 0 Å². The number of rotatable bonds is 5. The fraction of sp³-hybridized carbons (Fsp3) is 0.600. The summed E-state index contributed by atoms with van der Waals surface area (Å²) in [5.74, 6) is 1.03. The average Bonchev–Trinajstić information content (AvgIpc) is 2.76. The Morgan fingerprint density at radius 3 is 2.89 bits per heavy atom. The summed E-state index contributed by atoms with van der Waals surface area (Å²) in [5, 5.41) is 3.37. The SMILES string of the molecule is CCOC(C)(C)C(NC)c1ccc2c(c1)CCO2. The lowest BCUT2D eigenvalue weighted by atomic mass is 9.90. The van der Waals surface area contributed by atoms with Crippen LogP contribution in [0.15, 0.2) is 18.2 Å². The van der Waals surface area contributed by atoms with E-state index in [9.17, 15) is 0 Å². The average molecular weight is 249 g/mol. The van der Waals surface area contributed by atoms with Crippen LogP contribution in [0.5, 0.6) is 5.75 Å². The van der Waals surface area contributed by atoms with Gasteiger partial charge in [-0.1, -0.05) is 12.1 Å². The van der Waals surface area contributed by atoms with Crippen LogP contribution in [0.4, 0.5) is 0 Å². The number of hydrogen-bond donors (Lipinski definition) is 1. The molecule has 2 rings (SSSR count). The zero-order valence-electron chi connectivity index (χ0n) is 11.7. The molecule has 0 aromatic heterocycles. The minimum Gasteiger partial charge on any atom is -0.493 e. The molecule has 1 heterocycles. The molecule has 0 saturated heterocycles. The summed E-state index contributed by atoms with van der Waals surface area (Å²) in [5.41, 5.74) is 2.34. The standard InChI is InChI=1S/C15H23NO2/c1-5-18-15(2,3)14(16-4)12-6-7-13-11(10-12)8-9-17-13/h6-7,10,14,16H,5,8-9H2,1-4H3. The fourth-order valence-corrected chi connectivity index (χ4v) is 2.76. The molecule has 1 aromatic carbocycles. The number of fused-ring (bicyclic) bond motifs is 1. The van der Waals surface area contributed by atoms with Gasteiger partial charge >= 0.3 is 0 Å². The third kappa shape index (κ3) is 2.52. The Balaban J connectivity index is 2.27. The molecular formula is C15H23NO2. The van der Waals surface area contributed by atoms with Gasteiger partial charge in [-0.2, -0.15) is 0 Å². The van der Waals surface area contributed by atoms with E-state index in [4.69, 9.17) is 9.47 Å². The van der Waals surface area contributed by atoms with Crippen molar-refractivity contribution in [1.29, 1.82) is 0 Å². The Hall–Kier alpha value is -1.06. The molecule has 1 N–H and O–H groups in total. The van der Waals surface area contributed by atoms with Gasteiger partial charge in [0.15, 0.2) is 0 Å². The molecule has 0 fully saturated rings. The van der Waals surface area contributed by atoms with Crippen LogP contribution in [0.25, 0.3) is 0 Å². The lowest BCUT2D eigenvalue weighted by Gasteiger charge is -2.34. The van der Waals surface area contributed by atoms with Crippen molar-refractivity contribution in [1.82, 2.24) is 5.32 Å². The van der Waals surface area contributed by atoms with Crippen LogP contribution < -0.4 is 10.1 Å². The van der Waals surface area contributed by atoms with E-state index in [1.54, 1.807) is 0 Å². The molecule has 100 valence electrons. The van der Waals surface area contributed by atoms with Crippen molar-refractivity contribution in [3.8, 4) is 5.75 Å². The molecule has 1 atom stereocenters. The van der Waals surface area contributed by atoms with Crippen LogP contribution in [0, 0.1) is 0 Å². The van der Waals surface area contributed by atoms with Gasteiger partial charge in [0.2, 0.25) is 0 Å². The second-order valence-corrected chi connectivity index (χ2v) is 5.22. The fourth-order valence-electron chi connectivity index (χ4n) is 2.76. The molecule has 3 nitrogen and oxygen atoms in total. The molecule has 18 heavy (non-hydrogen) atoms. The van der Waals surface area contributed by atoms with Gasteiger partial charge in [-0.15, -0.1) is 0 Å². The highest BCUT2D eigenvalue weighted by Crippen LogP contribution is 2.33. The summed E-state index contributed by atoms with van der Waals surface area (Å²) in [6.07, 6.45) is 1.01. The Bertz CT molecular complexity index is 415. The Morgan fingerprint density at radius 2 is 2.22 bits per heavy atom. The second-order valence-electron chi connectivity index (χ2n) is 5.22. The predicted octanol–water partition coefficient (Wildman–Crippen LogP) is 2.70. The summed E-state index contributed by atoms with van der Waals surface area (Å²) in [6, 6.07) is 6.63. The quantitative estimate of drug-likeness (QED) is 0.870. The summed E-state index contributed by atoms with van der Waals surface area (Å²) in [6.45, 7) is 7.81. The highest BCUT2D eigenvalue weighted by Gasteiger charge is 2.31. The zero-order valence-corrected chi connectivity index (χ0v) is 11.7. The van der Waals surface area contributed by atoms with Gasteiger partial charge in [0.25, 0.3) is 0 Å². The molecule has 3 heteroatoms. The highest BCUT2D eigenvalue weighted by molar-refractivity contribution is 5.41. The summed E-state index contributed by atoms with van der Waals surface area (Å²) >= 11 is 0. The first-order valence-electron chi connectivity index (χ1n) is 6.65. The van der Waals surface area contributed by atoms with Gasteiger partial charge in [-0.05, 0) is 45.0 Å². The first-order chi connectivity index (χ1) is 8.58. The van der Waals surface area contributed by atoms with Crippen molar-refractivity contribution >= 4 is 0 Å². The number of likely N-dealkylation sites (N-methyl/N-ethyl adjacent to an activating group) is 1. The van der Waals surface area contributed by atoms with E-state index in [1.165, 1.54) is 11.1 Å². The molecule has 1 aromatic rings. The van der Waals surface area contributed by atoms with E-state index in [1.807, 2.05) is 14.0 Å². The van der Waals surface area contributed by atoms with Crippen LogP contribution in [-0.2, 0) is 11.2 Å². The van der Waals surface area contributed by atoms with Crippen LogP contribution in [0.2, 0.25) is 0 Å². The number of nitrogens with one attached hydrogen (secondary N) is 1. The molecule has 0 aliphatic carbocycles. The summed E-state index contributed by atoms with van der Waals surface area (Å²) in [7, 11) is 1.98. The largest absolute Gasteiger partial charge is 0.493 e. The number of benzene rings is 1. The topological polar surface area (TPSA) is 30.5 Å². The van der Waals surface area contributed by atoms with Crippen molar-refractivity contribution in [2.24, 2.45) is 0 Å². The molecular weight excluding hydrogens is 226 g/mol. The normalized spacial score (nSPS) is 16.2. The third-order valence-electron chi connectivity index (χ3n) is 3.55. The van der Waals surface area contributed by atoms with E-state index in [0.29, 0.717) is 0 Å². The maximum absolute atomic E-state index is 5.86. The van der Waals surface area contributed by atoms with Gasteiger partial charge in [0.1, 0.15) is 5.75 Å². The van der Waals surface area contributed by atoms with E-state index >= 15 is 0 Å². The minimum absolute atomic E-state index is 0.184. The molecule has 0 spiro atoms. The first-order valence-corrected chi connectivity index (χ1v) is 6.65. The molecule has 0 bridgehead atoms. The monoisotopic (exact) mass is 249 g/mol. The van der Waals surface area contributed by atoms with Crippen LogP contribution in [0.1, 0.15) is 37.9 Å². The molecule has 1 aliphatic rings. The molecule has 1 aliphatic heterocycles. The Kier molecular flexibility index (Phi) is 3.93. The molecule has 0 radical (unpaired) electrons. The summed E-state index contributed by atoms with van der Waals surface area (Å²) < 4.78 is 11.4. The van der Waals surface area contributed by atoms with Crippen molar-refractivity contribution in [3.05, 3.63) is 29.3 Å². The second kappa shape index (κ2) is 5.29. The highest BCUT2D eigenvalue weighted by atomic mass is 16.5. The Labute approximate surface area is 109 Å². The predicted molar refractivity (Wildman–Crippen MR) is 73.1 cm³/mol. The number of ether oxygens (including phenoxy) is 2. The molecule has 0 saturated carbocycles. The van der Waals surface area contributed by atoms with Crippen molar-refractivity contribution < 1.29 is 9.47 Å². The van der Waals surface area contributed by atoms with Gasteiger partial charge < -0.3 is 14.8 Å². The first kappa shape index (κ1) is 13.4. The Morgan fingerprint density at radius 1 is 1.44 bits per heavy atom. The van der Waals surface area contributed by atoms with Gasteiger partial charge in [0.05, 0.1) is 18.2 Å². The number of hydrogen-bond acceptors (Lipinski definition) is 3. The van der Waals surface area contributed by atoms with Crippen LogP contribution in [-0.4, -0.2) is 25.9 Å². The maximum atomic E-state index is 5.86. The molecule has 1 unspecified atom stereocenters.